The van der Waals surface area contributed by atoms with Crippen LogP contribution in [0.5, 0.6) is 17.2 Å². The van der Waals surface area contributed by atoms with Crippen LogP contribution in [0, 0.1) is 0 Å². The average molecular weight is 538 g/mol. The summed E-state index contributed by atoms with van der Waals surface area (Å²) in [6, 6.07) is 7.60. The van der Waals surface area contributed by atoms with Gasteiger partial charge in [0, 0.05) is 20.3 Å². The highest BCUT2D eigenvalue weighted by molar-refractivity contribution is 6.47. The number of aliphatic hydroxyl groups excluding tert-OH is 1. The zero-order valence-electron chi connectivity index (χ0n) is 20.6. The van der Waals surface area contributed by atoms with Crippen LogP contribution >= 0.6 is 23.2 Å². The van der Waals surface area contributed by atoms with Gasteiger partial charge in [0.15, 0.2) is 11.5 Å². The molecule has 2 aromatic rings. The van der Waals surface area contributed by atoms with Gasteiger partial charge < -0.3 is 29.0 Å². The Morgan fingerprint density at radius 2 is 1.69 bits per heavy atom. The number of ether oxygens (including phenoxy) is 4. The summed E-state index contributed by atoms with van der Waals surface area (Å²) in [4.78, 5) is 27.8. The van der Waals surface area contributed by atoms with Gasteiger partial charge in [-0.25, -0.2) is 0 Å². The van der Waals surface area contributed by atoms with E-state index in [1.165, 1.54) is 25.2 Å². The highest BCUT2D eigenvalue weighted by Crippen LogP contribution is 2.47. The lowest BCUT2D eigenvalue weighted by atomic mass is 9.94. The minimum absolute atomic E-state index is 0.0253. The topological polar surface area (TPSA) is 94.5 Å². The van der Waals surface area contributed by atoms with Gasteiger partial charge in [-0.3, -0.25) is 9.59 Å². The Morgan fingerprint density at radius 3 is 2.28 bits per heavy atom. The third-order valence-electron chi connectivity index (χ3n) is 5.75. The molecule has 8 nitrogen and oxygen atoms in total. The summed E-state index contributed by atoms with van der Waals surface area (Å²) >= 11 is 12.7. The highest BCUT2D eigenvalue weighted by Gasteiger charge is 2.46. The maximum Gasteiger partial charge on any atom is 0.295 e. The van der Waals surface area contributed by atoms with Gasteiger partial charge in [-0.2, -0.15) is 0 Å². The molecule has 0 radical (unpaired) electrons. The van der Waals surface area contributed by atoms with Crippen LogP contribution in [-0.2, 0) is 14.3 Å². The summed E-state index contributed by atoms with van der Waals surface area (Å²) < 4.78 is 21.4. The number of ketones is 1. The number of rotatable bonds is 11. The second-order valence-electron chi connectivity index (χ2n) is 8.04. The second-order valence-corrected chi connectivity index (χ2v) is 8.83. The van der Waals surface area contributed by atoms with Gasteiger partial charge in [0.05, 0.1) is 43.0 Å². The van der Waals surface area contributed by atoms with E-state index in [1.807, 2.05) is 6.92 Å². The van der Waals surface area contributed by atoms with Crippen molar-refractivity contribution in [1.29, 1.82) is 0 Å². The lowest BCUT2D eigenvalue weighted by Gasteiger charge is -2.25. The van der Waals surface area contributed by atoms with Crippen molar-refractivity contribution in [1.82, 2.24) is 4.90 Å². The van der Waals surface area contributed by atoms with Crippen LogP contribution in [0.2, 0.25) is 10.0 Å². The number of nitrogens with zero attached hydrogens (tertiary/aromatic N) is 1. The summed E-state index contributed by atoms with van der Waals surface area (Å²) in [5.41, 5.74) is 0.591. The maximum absolute atomic E-state index is 13.3. The largest absolute Gasteiger partial charge is 0.507 e. The molecule has 0 aliphatic carbocycles. The van der Waals surface area contributed by atoms with Crippen molar-refractivity contribution >= 4 is 40.7 Å². The van der Waals surface area contributed by atoms with E-state index in [1.54, 1.807) is 31.4 Å². The summed E-state index contributed by atoms with van der Waals surface area (Å²) in [6.07, 6.45) is 1.36. The molecule has 10 heteroatoms. The number of carbonyl (C=O) groups is 2. The van der Waals surface area contributed by atoms with Crippen molar-refractivity contribution in [3.63, 3.8) is 0 Å². The third-order valence-corrected chi connectivity index (χ3v) is 6.37. The van der Waals surface area contributed by atoms with Crippen LogP contribution in [0.1, 0.15) is 36.9 Å². The van der Waals surface area contributed by atoms with E-state index >= 15 is 0 Å². The predicted octanol–water partition coefficient (Wildman–Crippen LogP) is 5.26. The van der Waals surface area contributed by atoms with Crippen molar-refractivity contribution in [3.8, 4) is 17.2 Å². The number of hydrogen-bond acceptors (Lipinski definition) is 7. The number of benzene rings is 2. The Bertz CT molecular complexity index is 1150. The van der Waals surface area contributed by atoms with Gasteiger partial charge in [-0.05, 0) is 36.6 Å². The zero-order chi connectivity index (χ0) is 26.4. The number of carbonyl (C=O) groups excluding carboxylic acids is 2. The molecule has 0 saturated carbocycles. The molecule has 1 heterocycles. The molecule has 1 aliphatic heterocycles. The Balaban J connectivity index is 2.19. The second kappa shape index (κ2) is 12.3. The van der Waals surface area contributed by atoms with Crippen LogP contribution in [0.4, 0.5) is 0 Å². The highest BCUT2D eigenvalue weighted by atomic mass is 35.5. The molecule has 3 rings (SSSR count). The number of amides is 1. The van der Waals surface area contributed by atoms with Crippen LogP contribution in [0.25, 0.3) is 5.76 Å². The number of hydrogen-bond donors (Lipinski definition) is 1. The Labute approximate surface area is 220 Å². The zero-order valence-corrected chi connectivity index (χ0v) is 22.1. The summed E-state index contributed by atoms with van der Waals surface area (Å²) in [6.45, 7) is 3.22. The molecule has 1 N–H and O–H groups in total. The van der Waals surface area contributed by atoms with Gasteiger partial charge in [0.1, 0.15) is 16.5 Å². The van der Waals surface area contributed by atoms with Crippen LogP contribution in [-0.4, -0.2) is 62.8 Å². The van der Waals surface area contributed by atoms with Gasteiger partial charge in [0.2, 0.25) is 0 Å². The monoisotopic (exact) mass is 537 g/mol. The Morgan fingerprint density at radius 1 is 1.03 bits per heavy atom. The summed E-state index contributed by atoms with van der Waals surface area (Å²) in [5, 5.41) is 11.5. The average Bonchev–Trinajstić information content (AvgIpc) is 3.12. The first-order valence-corrected chi connectivity index (χ1v) is 12.2. The smallest absolute Gasteiger partial charge is 0.295 e. The van der Waals surface area contributed by atoms with Crippen molar-refractivity contribution < 1.29 is 33.6 Å². The number of methoxy groups -OCH3 is 3. The predicted molar refractivity (Wildman–Crippen MR) is 137 cm³/mol. The molecule has 36 heavy (non-hydrogen) atoms. The van der Waals surface area contributed by atoms with Crippen molar-refractivity contribution in [2.24, 2.45) is 0 Å². The third kappa shape index (κ3) is 5.40. The van der Waals surface area contributed by atoms with Crippen molar-refractivity contribution in [2.75, 3.05) is 41.1 Å². The molecule has 1 fully saturated rings. The Kier molecular flexibility index (Phi) is 9.48. The van der Waals surface area contributed by atoms with E-state index in [4.69, 9.17) is 42.1 Å². The molecular formula is C26H29Cl2NO7. The summed E-state index contributed by atoms with van der Waals surface area (Å²) in [7, 11) is 4.32. The van der Waals surface area contributed by atoms with Crippen molar-refractivity contribution in [3.05, 3.63) is 57.1 Å². The molecule has 1 atom stereocenters. The molecule has 1 unspecified atom stereocenters. The maximum atomic E-state index is 13.3. The molecule has 194 valence electrons. The normalized spacial score (nSPS) is 16.9. The lowest BCUT2D eigenvalue weighted by molar-refractivity contribution is -0.140. The van der Waals surface area contributed by atoms with E-state index in [0.29, 0.717) is 30.9 Å². The summed E-state index contributed by atoms with van der Waals surface area (Å²) in [5.74, 6) is -1.14. The molecular weight excluding hydrogens is 509 g/mol. The standard InChI is InChI=1S/C26H29Cl2NO7/c1-5-12-36-16-9-7-15(8-10-16)21-19(23(31)26(32)29(21)11-6-13-33-2)22(30)17-14-18(27)25(35-4)20(28)24(17)34-3/h7-10,14,21,30H,5-6,11-13H2,1-4H3/b22-19+. The number of aliphatic hydroxyl groups is 1. The SMILES string of the molecule is CCCOc1ccc(C2/C(=C(\O)c3cc(Cl)c(OC)c(Cl)c3OC)C(=O)C(=O)N2CCCOC)cc1. The van der Waals surface area contributed by atoms with E-state index < -0.39 is 23.5 Å². The van der Waals surface area contributed by atoms with Crippen LogP contribution in [0.3, 0.4) is 0 Å². The Hall–Kier alpha value is -2.94. The van der Waals surface area contributed by atoms with Gasteiger partial charge in [-0.1, -0.05) is 42.3 Å². The molecule has 0 aromatic heterocycles. The first kappa shape index (κ1) is 27.6. The number of likely N-dealkylation sites (tertiary alicyclic amines) is 1. The number of Topliss-reactive ketones (excluding diaryl/α,β-unsaturated/α-hetero) is 1. The van der Waals surface area contributed by atoms with Crippen LogP contribution in [0.15, 0.2) is 35.9 Å². The van der Waals surface area contributed by atoms with E-state index in [0.717, 1.165) is 6.42 Å². The fraction of sp³-hybridized carbons (Fsp3) is 0.385. The van der Waals surface area contributed by atoms with E-state index in [9.17, 15) is 14.7 Å². The minimum Gasteiger partial charge on any atom is -0.507 e. The molecule has 0 bridgehead atoms. The number of halogens is 2. The van der Waals surface area contributed by atoms with E-state index in [2.05, 4.69) is 0 Å². The molecule has 1 amide bonds. The van der Waals surface area contributed by atoms with E-state index in [-0.39, 0.29) is 39.2 Å². The lowest BCUT2D eigenvalue weighted by Crippen LogP contribution is -2.31. The first-order valence-electron chi connectivity index (χ1n) is 11.4. The van der Waals surface area contributed by atoms with Gasteiger partial charge in [0.25, 0.3) is 11.7 Å². The van der Waals surface area contributed by atoms with Gasteiger partial charge in [-0.15, -0.1) is 0 Å². The fourth-order valence-electron chi connectivity index (χ4n) is 4.09. The molecule has 1 aliphatic rings. The fourth-order valence-corrected chi connectivity index (χ4v) is 4.78. The first-order chi connectivity index (χ1) is 17.3. The van der Waals surface area contributed by atoms with Crippen LogP contribution < -0.4 is 14.2 Å². The van der Waals surface area contributed by atoms with Crippen molar-refractivity contribution in [2.45, 2.75) is 25.8 Å². The minimum atomic E-state index is -0.855. The quantitative estimate of drug-likeness (QED) is 0.181. The molecule has 0 spiro atoms. The molecule has 1 saturated heterocycles. The van der Waals surface area contributed by atoms with Gasteiger partial charge >= 0.3 is 0 Å². The molecule has 2 aromatic carbocycles.